The Morgan fingerprint density at radius 2 is 1.90 bits per heavy atom. The summed E-state index contributed by atoms with van der Waals surface area (Å²) in [6, 6.07) is 7.97. The second kappa shape index (κ2) is 12.3. The molecule has 1 unspecified atom stereocenters. The molecule has 30 heavy (non-hydrogen) atoms. The van der Waals surface area contributed by atoms with Crippen molar-refractivity contribution >= 4 is 35.8 Å². The number of halogens is 1. The predicted octanol–water partition coefficient (Wildman–Crippen LogP) is 2.26. The molecule has 2 aliphatic rings. The summed E-state index contributed by atoms with van der Waals surface area (Å²) in [7, 11) is 5.23. The van der Waals surface area contributed by atoms with Crippen molar-refractivity contribution in [2.75, 3.05) is 60.5 Å². The number of carbonyl (C=O) groups excluding carboxylic acids is 1. The Kier molecular flexibility index (Phi) is 10.2. The van der Waals surface area contributed by atoms with Crippen LogP contribution in [0, 0.1) is 5.92 Å². The normalized spacial score (nSPS) is 19.5. The highest BCUT2D eigenvalue weighted by Crippen LogP contribution is 2.20. The topological polar surface area (TPSA) is 60.4 Å². The summed E-state index contributed by atoms with van der Waals surface area (Å²) in [5.74, 6) is 2.40. The zero-order valence-corrected chi connectivity index (χ0v) is 20.8. The molecule has 1 aromatic carbocycles. The monoisotopic (exact) mass is 529 g/mol. The summed E-state index contributed by atoms with van der Waals surface area (Å²) in [6.07, 6.45) is 3.85. The summed E-state index contributed by atoms with van der Waals surface area (Å²) < 4.78 is 5.23. The highest BCUT2D eigenvalue weighted by Gasteiger charge is 2.27. The van der Waals surface area contributed by atoms with E-state index in [0.29, 0.717) is 12.5 Å². The van der Waals surface area contributed by atoms with Crippen LogP contribution in [0.25, 0.3) is 0 Å². The molecule has 2 aliphatic heterocycles. The van der Waals surface area contributed by atoms with Gasteiger partial charge in [0.2, 0.25) is 5.91 Å². The van der Waals surface area contributed by atoms with Crippen molar-refractivity contribution in [3.63, 3.8) is 0 Å². The van der Waals surface area contributed by atoms with Crippen molar-refractivity contribution in [2.45, 2.75) is 25.8 Å². The quantitative estimate of drug-likeness (QED) is 0.334. The van der Waals surface area contributed by atoms with Crippen LogP contribution in [0.3, 0.4) is 0 Å². The van der Waals surface area contributed by atoms with Crippen molar-refractivity contribution in [1.82, 2.24) is 20.0 Å². The van der Waals surface area contributed by atoms with E-state index >= 15 is 0 Å². The summed E-state index contributed by atoms with van der Waals surface area (Å²) in [4.78, 5) is 23.4. The molecule has 1 atom stereocenters. The minimum atomic E-state index is 0. The highest BCUT2D eigenvalue weighted by molar-refractivity contribution is 14.0. The lowest BCUT2D eigenvalue weighted by molar-refractivity contribution is -0.127. The van der Waals surface area contributed by atoms with Crippen LogP contribution in [-0.2, 0) is 11.3 Å². The van der Waals surface area contributed by atoms with Gasteiger partial charge >= 0.3 is 0 Å². The van der Waals surface area contributed by atoms with Crippen LogP contribution in [0.1, 0.15) is 24.8 Å². The van der Waals surface area contributed by atoms with Gasteiger partial charge in [0.25, 0.3) is 0 Å². The average Bonchev–Trinajstić information content (AvgIpc) is 3.41. The first kappa shape index (κ1) is 24.7. The molecule has 0 spiro atoms. The standard InChI is InChI=1S/C22H35N5O2.HI/c1-25(2)21(28)15-24-22(23-14-18-6-8-20(29-3)9-7-18)27-13-10-19(17-27)16-26-11-4-5-12-26;/h6-9,19H,4-5,10-17H2,1-3H3,(H,23,24);1H. The van der Waals surface area contributed by atoms with E-state index in [1.807, 2.05) is 24.3 Å². The van der Waals surface area contributed by atoms with E-state index in [0.717, 1.165) is 30.4 Å². The van der Waals surface area contributed by atoms with E-state index in [1.54, 1.807) is 26.1 Å². The van der Waals surface area contributed by atoms with Gasteiger partial charge in [-0.05, 0) is 56.0 Å². The number of hydrogen-bond donors (Lipinski definition) is 1. The number of guanidine groups is 1. The zero-order valence-electron chi connectivity index (χ0n) is 18.5. The van der Waals surface area contributed by atoms with Crippen LogP contribution in [0.15, 0.2) is 29.3 Å². The number of methoxy groups -OCH3 is 1. The Labute approximate surface area is 197 Å². The maximum atomic E-state index is 12.1. The van der Waals surface area contributed by atoms with Crippen molar-refractivity contribution in [2.24, 2.45) is 10.9 Å². The van der Waals surface area contributed by atoms with Crippen LogP contribution >= 0.6 is 24.0 Å². The zero-order chi connectivity index (χ0) is 20.6. The lowest BCUT2D eigenvalue weighted by atomic mass is 10.1. The van der Waals surface area contributed by atoms with Gasteiger partial charge < -0.3 is 24.8 Å². The molecule has 2 heterocycles. The van der Waals surface area contributed by atoms with E-state index in [-0.39, 0.29) is 36.4 Å². The SMILES string of the molecule is COc1ccc(CN=C(NCC(=O)N(C)C)N2CCC(CN3CCCC3)C2)cc1.I. The molecule has 2 fully saturated rings. The molecule has 0 aliphatic carbocycles. The van der Waals surface area contributed by atoms with Crippen molar-refractivity contribution in [3.05, 3.63) is 29.8 Å². The molecular weight excluding hydrogens is 493 g/mol. The number of nitrogens with zero attached hydrogens (tertiary/aromatic N) is 4. The number of aliphatic imine (C=N–C) groups is 1. The first-order valence-electron chi connectivity index (χ1n) is 10.6. The van der Waals surface area contributed by atoms with Crippen LogP contribution in [0.2, 0.25) is 0 Å². The van der Waals surface area contributed by atoms with Gasteiger partial charge in [0.1, 0.15) is 5.75 Å². The number of benzene rings is 1. The second-order valence-electron chi connectivity index (χ2n) is 8.24. The molecule has 1 aromatic rings. The molecule has 3 rings (SSSR count). The van der Waals surface area contributed by atoms with Gasteiger partial charge in [-0.3, -0.25) is 4.79 Å². The largest absolute Gasteiger partial charge is 0.497 e. The van der Waals surface area contributed by atoms with Gasteiger partial charge in [-0.25, -0.2) is 4.99 Å². The van der Waals surface area contributed by atoms with E-state index in [2.05, 4.69) is 15.1 Å². The molecule has 0 bridgehead atoms. The molecular formula is C22H36IN5O2. The van der Waals surface area contributed by atoms with E-state index in [1.165, 1.54) is 38.9 Å². The van der Waals surface area contributed by atoms with E-state index < -0.39 is 0 Å². The van der Waals surface area contributed by atoms with Gasteiger partial charge in [-0.2, -0.15) is 0 Å². The van der Waals surface area contributed by atoms with Crippen molar-refractivity contribution in [3.8, 4) is 5.75 Å². The van der Waals surface area contributed by atoms with Crippen LogP contribution in [0.4, 0.5) is 0 Å². The molecule has 1 N–H and O–H groups in total. The summed E-state index contributed by atoms with van der Waals surface area (Å²) >= 11 is 0. The minimum absolute atomic E-state index is 0. The van der Waals surface area contributed by atoms with Crippen LogP contribution < -0.4 is 10.1 Å². The van der Waals surface area contributed by atoms with Crippen LogP contribution in [-0.4, -0.2) is 87.0 Å². The number of likely N-dealkylation sites (tertiary alicyclic amines) is 2. The van der Waals surface area contributed by atoms with Gasteiger partial charge in [-0.1, -0.05) is 12.1 Å². The third kappa shape index (κ3) is 7.30. The first-order valence-corrected chi connectivity index (χ1v) is 10.6. The Balaban J connectivity index is 0.00000320. The fourth-order valence-corrected chi connectivity index (χ4v) is 3.98. The minimum Gasteiger partial charge on any atom is -0.497 e. The van der Waals surface area contributed by atoms with Crippen LogP contribution in [0.5, 0.6) is 5.75 Å². The Hall–Kier alpha value is -1.55. The van der Waals surface area contributed by atoms with Gasteiger partial charge in [0.05, 0.1) is 20.2 Å². The van der Waals surface area contributed by atoms with Gasteiger partial charge in [0, 0.05) is 33.7 Å². The maximum absolute atomic E-state index is 12.1. The number of hydrogen-bond acceptors (Lipinski definition) is 4. The number of rotatable bonds is 7. The lowest BCUT2D eigenvalue weighted by Gasteiger charge is -2.24. The number of nitrogens with one attached hydrogen (secondary N) is 1. The number of likely N-dealkylation sites (N-methyl/N-ethyl adjacent to an activating group) is 1. The molecule has 0 saturated carbocycles. The van der Waals surface area contributed by atoms with Crippen molar-refractivity contribution < 1.29 is 9.53 Å². The predicted molar refractivity (Wildman–Crippen MR) is 132 cm³/mol. The molecule has 7 nitrogen and oxygen atoms in total. The summed E-state index contributed by atoms with van der Waals surface area (Å²) in [6.45, 7) is 6.50. The molecule has 0 aromatic heterocycles. The third-order valence-corrected chi connectivity index (χ3v) is 5.77. The number of ether oxygens (including phenoxy) is 1. The van der Waals surface area contributed by atoms with Crippen molar-refractivity contribution in [1.29, 1.82) is 0 Å². The molecule has 1 amide bonds. The smallest absolute Gasteiger partial charge is 0.241 e. The lowest BCUT2D eigenvalue weighted by Crippen LogP contribution is -2.44. The Morgan fingerprint density at radius 1 is 1.20 bits per heavy atom. The Morgan fingerprint density at radius 3 is 2.53 bits per heavy atom. The fourth-order valence-electron chi connectivity index (χ4n) is 3.98. The molecule has 168 valence electrons. The fraction of sp³-hybridized carbons (Fsp3) is 0.636. The highest BCUT2D eigenvalue weighted by atomic mass is 127. The molecule has 0 radical (unpaired) electrons. The van der Waals surface area contributed by atoms with Gasteiger partial charge in [-0.15, -0.1) is 24.0 Å². The maximum Gasteiger partial charge on any atom is 0.241 e. The molecule has 2 saturated heterocycles. The summed E-state index contributed by atoms with van der Waals surface area (Å²) in [5, 5.41) is 3.30. The van der Waals surface area contributed by atoms with Gasteiger partial charge in [0.15, 0.2) is 5.96 Å². The number of carbonyl (C=O) groups is 1. The van der Waals surface area contributed by atoms with E-state index in [9.17, 15) is 4.79 Å². The third-order valence-electron chi connectivity index (χ3n) is 5.77. The average molecular weight is 529 g/mol. The first-order chi connectivity index (χ1) is 14.0. The second-order valence-corrected chi connectivity index (χ2v) is 8.24. The van der Waals surface area contributed by atoms with E-state index in [4.69, 9.17) is 9.73 Å². The number of amides is 1. The summed E-state index contributed by atoms with van der Waals surface area (Å²) in [5.41, 5.74) is 1.12. The molecule has 8 heteroatoms. The Bertz CT molecular complexity index is 689.